The van der Waals surface area contributed by atoms with Crippen LogP contribution in [0.2, 0.25) is 0 Å². The van der Waals surface area contributed by atoms with Gasteiger partial charge in [-0.15, -0.1) is 10.2 Å². The molecule has 0 N–H and O–H groups in total. The van der Waals surface area contributed by atoms with E-state index in [-0.39, 0.29) is 24.2 Å². The van der Waals surface area contributed by atoms with Gasteiger partial charge in [-0.05, 0) is 39.0 Å². The largest absolute Gasteiger partial charge is 0.497 e. The second kappa shape index (κ2) is 7.97. The highest BCUT2D eigenvalue weighted by atomic mass is 16.5. The van der Waals surface area contributed by atoms with Crippen molar-refractivity contribution in [2.75, 3.05) is 14.2 Å². The van der Waals surface area contributed by atoms with Gasteiger partial charge in [-0.3, -0.25) is 9.59 Å². The van der Waals surface area contributed by atoms with Crippen LogP contribution in [0.5, 0.6) is 5.75 Å². The van der Waals surface area contributed by atoms with Crippen molar-refractivity contribution in [2.45, 2.75) is 27.5 Å². The number of aromatic nitrogens is 3. The summed E-state index contributed by atoms with van der Waals surface area (Å²) in [5.41, 5.74) is 0.183. The number of hydrogen-bond donors (Lipinski definition) is 0. The first-order valence-electron chi connectivity index (χ1n) is 8.96. The van der Waals surface area contributed by atoms with Gasteiger partial charge in [-0.1, -0.05) is 0 Å². The van der Waals surface area contributed by atoms with Crippen LogP contribution in [0.25, 0.3) is 10.9 Å². The Kier molecular flexibility index (Phi) is 5.59. The summed E-state index contributed by atoms with van der Waals surface area (Å²) in [7, 11) is 2.66. The molecule has 0 fully saturated rings. The molecule has 0 unspecified atom stereocenters. The lowest BCUT2D eigenvalue weighted by Crippen LogP contribution is -2.23. The second-order valence-corrected chi connectivity index (χ2v) is 7.44. The summed E-state index contributed by atoms with van der Waals surface area (Å²) in [6, 6.07) is 5.13. The van der Waals surface area contributed by atoms with Crippen LogP contribution in [0, 0.1) is 5.41 Å². The first-order chi connectivity index (χ1) is 14.2. The summed E-state index contributed by atoms with van der Waals surface area (Å²) >= 11 is 0. The average molecular weight is 415 g/mol. The molecule has 0 atom stereocenters. The molecule has 0 spiro atoms. The van der Waals surface area contributed by atoms with Crippen LogP contribution in [-0.4, -0.2) is 46.7 Å². The van der Waals surface area contributed by atoms with Gasteiger partial charge in [0.25, 0.3) is 11.7 Å². The number of nitrogens with zero attached hydrogens (tertiary/aromatic N) is 3. The number of benzene rings is 1. The number of hydrogen-bond acceptors (Lipinski definition) is 9. The Balaban J connectivity index is 2.01. The van der Waals surface area contributed by atoms with Crippen molar-refractivity contribution in [3.05, 3.63) is 41.7 Å². The van der Waals surface area contributed by atoms with E-state index in [0.717, 1.165) is 7.11 Å². The SMILES string of the molecule is COC(=O)c1nnc(C(=O)c2cn(COC(=O)C(C)(C)C)c3ccc(OC)cc23)o1. The highest BCUT2D eigenvalue weighted by Crippen LogP contribution is 2.28. The molecule has 1 aromatic carbocycles. The molecule has 0 saturated carbocycles. The van der Waals surface area contributed by atoms with E-state index < -0.39 is 23.1 Å². The highest BCUT2D eigenvalue weighted by Gasteiger charge is 2.26. The summed E-state index contributed by atoms with van der Waals surface area (Å²) in [6.45, 7) is 5.15. The molecule has 3 rings (SSSR count). The third-order valence-electron chi connectivity index (χ3n) is 4.26. The summed E-state index contributed by atoms with van der Waals surface area (Å²) < 4.78 is 21.9. The predicted octanol–water partition coefficient (Wildman–Crippen LogP) is 2.60. The Morgan fingerprint density at radius 2 is 1.80 bits per heavy atom. The number of esters is 2. The molecule has 0 aliphatic carbocycles. The first-order valence-corrected chi connectivity index (χ1v) is 8.96. The molecular weight excluding hydrogens is 394 g/mol. The van der Waals surface area contributed by atoms with Crippen molar-refractivity contribution in [2.24, 2.45) is 5.41 Å². The fourth-order valence-corrected chi connectivity index (χ4v) is 2.64. The van der Waals surface area contributed by atoms with Gasteiger partial charge in [0.1, 0.15) is 5.75 Å². The van der Waals surface area contributed by atoms with Gasteiger partial charge in [-0.2, -0.15) is 0 Å². The molecule has 0 radical (unpaired) electrons. The van der Waals surface area contributed by atoms with Gasteiger partial charge in [0.15, 0.2) is 6.73 Å². The minimum Gasteiger partial charge on any atom is -0.497 e. The van der Waals surface area contributed by atoms with Gasteiger partial charge >= 0.3 is 17.8 Å². The van der Waals surface area contributed by atoms with Crippen LogP contribution >= 0.6 is 0 Å². The zero-order valence-corrected chi connectivity index (χ0v) is 17.2. The molecular formula is C20H21N3O7. The molecule has 30 heavy (non-hydrogen) atoms. The molecule has 10 heteroatoms. The van der Waals surface area contributed by atoms with Crippen LogP contribution in [-0.2, 0) is 21.0 Å². The minimum absolute atomic E-state index is 0.0938. The van der Waals surface area contributed by atoms with Crippen LogP contribution < -0.4 is 4.74 Å². The van der Waals surface area contributed by atoms with E-state index in [9.17, 15) is 14.4 Å². The number of rotatable bonds is 6. The Morgan fingerprint density at radius 1 is 1.10 bits per heavy atom. The smallest absolute Gasteiger partial charge is 0.396 e. The van der Waals surface area contributed by atoms with Crippen LogP contribution in [0.15, 0.2) is 28.8 Å². The van der Waals surface area contributed by atoms with E-state index in [1.807, 2.05) is 0 Å². The molecule has 0 saturated heterocycles. The second-order valence-electron chi connectivity index (χ2n) is 7.44. The number of fused-ring (bicyclic) bond motifs is 1. The first kappa shape index (κ1) is 21.0. The van der Waals surface area contributed by atoms with Crippen molar-refractivity contribution in [3.63, 3.8) is 0 Å². The van der Waals surface area contributed by atoms with E-state index in [0.29, 0.717) is 16.7 Å². The number of carbonyl (C=O) groups is 3. The van der Waals surface area contributed by atoms with Crippen molar-refractivity contribution in [1.29, 1.82) is 0 Å². The number of ketones is 1. The molecule has 3 aromatic rings. The van der Waals surface area contributed by atoms with Crippen molar-refractivity contribution in [3.8, 4) is 5.75 Å². The molecule has 10 nitrogen and oxygen atoms in total. The van der Waals surface area contributed by atoms with Crippen molar-refractivity contribution < 1.29 is 33.0 Å². The molecule has 0 aliphatic rings. The van der Waals surface area contributed by atoms with Crippen LogP contribution in [0.1, 0.15) is 47.7 Å². The Hall–Kier alpha value is -3.69. The Morgan fingerprint density at radius 3 is 2.43 bits per heavy atom. The van der Waals surface area contributed by atoms with Gasteiger partial charge < -0.3 is 23.2 Å². The lowest BCUT2D eigenvalue weighted by molar-refractivity contribution is -0.156. The maximum atomic E-state index is 13.0. The standard InChI is InChI=1S/C20H21N3O7/c1-20(2,3)19(26)29-10-23-9-13(12-8-11(27-4)6-7-14(12)23)15(24)16-21-22-17(30-16)18(25)28-5/h6-9H,10H2,1-5H3. The van der Waals surface area contributed by atoms with E-state index >= 15 is 0 Å². The van der Waals surface area contributed by atoms with Crippen LogP contribution in [0.3, 0.4) is 0 Å². The number of carbonyl (C=O) groups excluding carboxylic acids is 3. The van der Waals surface area contributed by atoms with Crippen molar-refractivity contribution in [1.82, 2.24) is 14.8 Å². The van der Waals surface area contributed by atoms with Gasteiger partial charge in [0.05, 0.1) is 30.7 Å². The van der Waals surface area contributed by atoms with Gasteiger partial charge in [-0.25, -0.2) is 4.79 Å². The fourth-order valence-electron chi connectivity index (χ4n) is 2.64. The molecule has 158 valence electrons. The minimum atomic E-state index is -0.847. The van der Waals surface area contributed by atoms with Gasteiger partial charge in [0.2, 0.25) is 0 Å². The highest BCUT2D eigenvalue weighted by molar-refractivity contribution is 6.14. The van der Waals surface area contributed by atoms with Gasteiger partial charge in [0, 0.05) is 11.6 Å². The Bertz CT molecular complexity index is 1120. The van der Waals surface area contributed by atoms with E-state index in [1.165, 1.54) is 13.3 Å². The molecule has 0 amide bonds. The summed E-state index contributed by atoms with van der Waals surface area (Å²) in [6.07, 6.45) is 1.52. The quantitative estimate of drug-likeness (QED) is 0.441. The van der Waals surface area contributed by atoms with E-state index in [4.69, 9.17) is 13.9 Å². The number of methoxy groups -OCH3 is 2. The third-order valence-corrected chi connectivity index (χ3v) is 4.26. The molecule has 0 aliphatic heterocycles. The maximum absolute atomic E-state index is 13.0. The zero-order chi connectivity index (χ0) is 22.1. The normalized spacial score (nSPS) is 11.4. The lowest BCUT2D eigenvalue weighted by atomic mass is 9.98. The van der Waals surface area contributed by atoms with E-state index in [2.05, 4.69) is 14.9 Å². The fraction of sp³-hybridized carbons (Fsp3) is 0.350. The summed E-state index contributed by atoms with van der Waals surface area (Å²) in [4.78, 5) is 36.6. The predicted molar refractivity (Wildman–Crippen MR) is 103 cm³/mol. The average Bonchev–Trinajstić information content (AvgIpc) is 3.35. The topological polar surface area (TPSA) is 123 Å². The molecule has 2 heterocycles. The van der Waals surface area contributed by atoms with Crippen LogP contribution in [0.4, 0.5) is 0 Å². The maximum Gasteiger partial charge on any atom is 0.396 e. The van der Waals surface area contributed by atoms with E-state index in [1.54, 1.807) is 43.5 Å². The Labute approximate surface area is 171 Å². The number of ether oxygens (including phenoxy) is 3. The zero-order valence-electron chi connectivity index (χ0n) is 17.2. The lowest BCUT2D eigenvalue weighted by Gasteiger charge is -2.17. The summed E-state index contributed by atoms with van der Waals surface area (Å²) in [5.74, 6) is -2.10. The molecule has 2 aromatic heterocycles. The van der Waals surface area contributed by atoms with Crippen molar-refractivity contribution >= 4 is 28.6 Å². The summed E-state index contributed by atoms with van der Waals surface area (Å²) in [5, 5.41) is 7.69. The third kappa shape index (κ3) is 4.02. The molecule has 0 bridgehead atoms. The monoisotopic (exact) mass is 415 g/mol.